The molecular weight excluding hydrogens is 384 g/mol. The van der Waals surface area contributed by atoms with Crippen LogP contribution in [-0.2, 0) is 14.3 Å². The molecule has 0 fully saturated rings. The van der Waals surface area contributed by atoms with Crippen molar-refractivity contribution < 1.29 is 23.7 Å². The number of nitriles is 1. The van der Waals surface area contributed by atoms with Gasteiger partial charge in [0, 0.05) is 5.56 Å². The van der Waals surface area contributed by atoms with E-state index in [1.54, 1.807) is 37.3 Å². The van der Waals surface area contributed by atoms with Crippen molar-refractivity contribution in [1.29, 1.82) is 5.26 Å². The number of carbonyl (C=O) groups excluding carboxylic acids is 1. The molecule has 2 N–H and O–H groups in total. The maximum Gasteiger partial charge on any atom is 0.338 e. The number of nitrogens with zero attached hydrogens (tertiary/aromatic N) is 1. The summed E-state index contributed by atoms with van der Waals surface area (Å²) in [6.45, 7) is 1.88. The second-order valence-electron chi connectivity index (χ2n) is 6.37. The van der Waals surface area contributed by atoms with E-state index in [2.05, 4.69) is 6.07 Å². The lowest BCUT2D eigenvalue weighted by atomic mass is 9.82. The number of hydrogen-bond donors (Lipinski definition) is 1. The first-order chi connectivity index (χ1) is 14.5. The van der Waals surface area contributed by atoms with Gasteiger partial charge in [0.1, 0.15) is 17.4 Å². The first-order valence-corrected chi connectivity index (χ1v) is 9.31. The molecule has 0 aliphatic carbocycles. The second-order valence-corrected chi connectivity index (χ2v) is 6.37. The number of rotatable bonds is 6. The van der Waals surface area contributed by atoms with Crippen molar-refractivity contribution in [3.05, 3.63) is 76.7 Å². The van der Waals surface area contributed by atoms with Gasteiger partial charge in [0.25, 0.3) is 0 Å². The van der Waals surface area contributed by atoms with Gasteiger partial charge in [-0.3, -0.25) is 0 Å². The van der Waals surface area contributed by atoms with Crippen molar-refractivity contribution in [3.63, 3.8) is 0 Å². The highest BCUT2D eigenvalue weighted by atomic mass is 16.5. The van der Waals surface area contributed by atoms with Gasteiger partial charge in [-0.05, 0) is 24.6 Å². The van der Waals surface area contributed by atoms with Crippen LogP contribution in [-0.4, -0.2) is 26.8 Å². The molecule has 0 saturated carbocycles. The number of nitrogens with two attached hydrogens (primary N) is 1. The van der Waals surface area contributed by atoms with Gasteiger partial charge in [0.2, 0.25) is 5.88 Å². The van der Waals surface area contributed by atoms with Crippen molar-refractivity contribution in [2.24, 2.45) is 5.73 Å². The van der Waals surface area contributed by atoms with E-state index in [4.69, 9.17) is 24.7 Å². The molecular formula is C23H22N2O5. The number of methoxy groups -OCH3 is 2. The molecule has 1 aliphatic heterocycles. The molecule has 1 atom stereocenters. The zero-order chi connectivity index (χ0) is 21.7. The first kappa shape index (κ1) is 20.8. The highest BCUT2D eigenvalue weighted by molar-refractivity contribution is 5.99. The Balaban J connectivity index is 2.29. The second kappa shape index (κ2) is 9.05. The van der Waals surface area contributed by atoms with Crippen LogP contribution in [0.15, 0.2) is 65.6 Å². The average molecular weight is 406 g/mol. The van der Waals surface area contributed by atoms with Gasteiger partial charge in [-0.1, -0.05) is 36.4 Å². The fourth-order valence-electron chi connectivity index (χ4n) is 3.35. The van der Waals surface area contributed by atoms with E-state index < -0.39 is 11.9 Å². The molecule has 1 unspecified atom stereocenters. The minimum Gasteiger partial charge on any atom is -0.493 e. The molecule has 3 rings (SSSR count). The molecule has 0 radical (unpaired) electrons. The van der Waals surface area contributed by atoms with Crippen molar-refractivity contribution >= 4 is 11.7 Å². The maximum atomic E-state index is 13.0. The van der Waals surface area contributed by atoms with E-state index in [-0.39, 0.29) is 29.4 Å². The monoisotopic (exact) mass is 406 g/mol. The van der Waals surface area contributed by atoms with Gasteiger partial charge < -0.3 is 24.7 Å². The Morgan fingerprint density at radius 2 is 1.83 bits per heavy atom. The molecule has 7 nitrogen and oxygen atoms in total. The van der Waals surface area contributed by atoms with Crippen LogP contribution in [0.5, 0.6) is 11.5 Å². The third-order valence-electron chi connectivity index (χ3n) is 4.69. The smallest absolute Gasteiger partial charge is 0.338 e. The minimum absolute atomic E-state index is 0.0656. The van der Waals surface area contributed by atoms with E-state index in [9.17, 15) is 10.1 Å². The third-order valence-corrected chi connectivity index (χ3v) is 4.69. The number of hydrogen-bond acceptors (Lipinski definition) is 7. The summed E-state index contributed by atoms with van der Waals surface area (Å²) in [4.78, 5) is 13.0. The quantitative estimate of drug-likeness (QED) is 0.732. The summed E-state index contributed by atoms with van der Waals surface area (Å²) >= 11 is 0. The van der Waals surface area contributed by atoms with Crippen LogP contribution in [0.4, 0.5) is 0 Å². The first-order valence-electron chi connectivity index (χ1n) is 9.31. The number of allylic oxidation sites excluding steroid dienone is 1. The third kappa shape index (κ3) is 3.80. The number of carbonyl (C=O) groups is 1. The predicted molar refractivity (Wildman–Crippen MR) is 110 cm³/mol. The van der Waals surface area contributed by atoms with E-state index in [0.29, 0.717) is 22.6 Å². The van der Waals surface area contributed by atoms with Crippen LogP contribution in [0.25, 0.3) is 5.76 Å². The van der Waals surface area contributed by atoms with Crippen molar-refractivity contribution in [2.75, 3.05) is 20.8 Å². The summed E-state index contributed by atoms with van der Waals surface area (Å²) in [7, 11) is 3.04. The molecule has 0 aromatic heterocycles. The molecule has 2 aromatic rings. The zero-order valence-electron chi connectivity index (χ0n) is 17.0. The van der Waals surface area contributed by atoms with Gasteiger partial charge in [-0.15, -0.1) is 0 Å². The van der Waals surface area contributed by atoms with Gasteiger partial charge in [-0.2, -0.15) is 5.26 Å². The van der Waals surface area contributed by atoms with Gasteiger partial charge in [0.15, 0.2) is 11.5 Å². The van der Waals surface area contributed by atoms with Gasteiger partial charge in [-0.25, -0.2) is 4.79 Å². The number of ether oxygens (including phenoxy) is 4. The number of esters is 1. The molecule has 0 amide bonds. The molecule has 0 saturated heterocycles. The van der Waals surface area contributed by atoms with Crippen LogP contribution in [0.3, 0.4) is 0 Å². The summed E-state index contributed by atoms with van der Waals surface area (Å²) < 4.78 is 21.8. The van der Waals surface area contributed by atoms with Crippen molar-refractivity contribution in [2.45, 2.75) is 12.8 Å². The van der Waals surface area contributed by atoms with E-state index in [1.807, 2.05) is 18.2 Å². The Kier molecular flexibility index (Phi) is 6.28. The topological polar surface area (TPSA) is 104 Å². The van der Waals surface area contributed by atoms with Crippen LogP contribution < -0.4 is 15.2 Å². The summed E-state index contributed by atoms with van der Waals surface area (Å²) in [5, 5.41) is 9.81. The lowest BCUT2D eigenvalue weighted by Gasteiger charge is -2.28. The van der Waals surface area contributed by atoms with E-state index in [1.165, 1.54) is 14.2 Å². The van der Waals surface area contributed by atoms with E-state index >= 15 is 0 Å². The highest BCUT2D eigenvalue weighted by Gasteiger charge is 2.38. The van der Waals surface area contributed by atoms with Gasteiger partial charge >= 0.3 is 5.97 Å². The lowest BCUT2D eigenvalue weighted by molar-refractivity contribution is -0.138. The lowest BCUT2D eigenvalue weighted by Crippen LogP contribution is -2.26. The summed E-state index contributed by atoms with van der Waals surface area (Å²) in [6, 6.07) is 16.3. The molecule has 2 aromatic carbocycles. The predicted octanol–water partition coefficient (Wildman–Crippen LogP) is 3.49. The minimum atomic E-state index is -0.794. The van der Waals surface area contributed by atoms with Crippen LogP contribution in [0.1, 0.15) is 24.0 Å². The van der Waals surface area contributed by atoms with Gasteiger partial charge in [0.05, 0.1) is 32.3 Å². The largest absolute Gasteiger partial charge is 0.493 e. The molecule has 0 spiro atoms. The summed E-state index contributed by atoms with van der Waals surface area (Å²) in [5.74, 6) is -0.209. The van der Waals surface area contributed by atoms with Crippen LogP contribution in [0.2, 0.25) is 0 Å². The average Bonchev–Trinajstić information content (AvgIpc) is 2.78. The highest BCUT2D eigenvalue weighted by Crippen LogP contribution is 2.44. The van der Waals surface area contributed by atoms with Crippen molar-refractivity contribution in [3.8, 4) is 17.6 Å². The maximum absolute atomic E-state index is 13.0. The van der Waals surface area contributed by atoms with Crippen LogP contribution in [0, 0.1) is 11.3 Å². The molecule has 1 aliphatic rings. The molecule has 1 heterocycles. The normalized spacial score (nSPS) is 15.9. The summed E-state index contributed by atoms with van der Waals surface area (Å²) in [5.41, 5.74) is 7.67. The Morgan fingerprint density at radius 1 is 1.13 bits per heavy atom. The van der Waals surface area contributed by atoms with Crippen molar-refractivity contribution in [1.82, 2.24) is 0 Å². The number of benzene rings is 2. The Bertz CT molecular complexity index is 1050. The fourth-order valence-corrected chi connectivity index (χ4v) is 3.35. The van der Waals surface area contributed by atoms with Crippen LogP contribution >= 0.6 is 0 Å². The Morgan fingerprint density at radius 3 is 2.43 bits per heavy atom. The Hall–Kier alpha value is -3.92. The zero-order valence-corrected chi connectivity index (χ0v) is 17.0. The van der Waals surface area contributed by atoms with E-state index in [0.717, 1.165) is 0 Å². The SMILES string of the molecule is CCOC(=O)C1=C(c2ccccc2)OC(N)=C(C#N)C1c1ccc(OC)c(OC)c1. The Labute approximate surface area is 174 Å². The standard InChI is InChI=1S/C23H22N2O5/c1-4-29-23(26)20-19(15-10-11-17(27-2)18(12-15)28-3)16(13-24)22(25)30-21(20)14-8-6-5-7-9-14/h5-12,19H,4,25H2,1-3H3. The molecule has 30 heavy (non-hydrogen) atoms. The molecule has 7 heteroatoms. The molecule has 0 bridgehead atoms. The summed E-state index contributed by atoms with van der Waals surface area (Å²) in [6.07, 6.45) is 0. The molecule has 154 valence electrons. The fraction of sp³-hybridized carbons (Fsp3) is 0.217.